The van der Waals surface area contributed by atoms with Gasteiger partial charge in [-0.2, -0.15) is 0 Å². The number of likely N-dealkylation sites (tertiary alicyclic amines) is 1. The standard InChI is InChI=1S/C10H18N2O2/c1-8-9(11-13)7-10(14-8)3-5-12(2)6-4-10/h8,13H,3-7H2,1-2H3/b11-9+. The van der Waals surface area contributed by atoms with Gasteiger partial charge in [0.05, 0.1) is 17.4 Å². The fraction of sp³-hybridized carbons (Fsp3) is 0.900. The van der Waals surface area contributed by atoms with Gasteiger partial charge in [-0.15, -0.1) is 0 Å². The Morgan fingerprint density at radius 1 is 1.50 bits per heavy atom. The molecule has 2 aliphatic rings. The van der Waals surface area contributed by atoms with E-state index in [-0.39, 0.29) is 11.7 Å². The predicted octanol–water partition coefficient (Wildman–Crippen LogP) is 1.09. The Hall–Kier alpha value is -0.610. The smallest absolute Gasteiger partial charge is 0.0969 e. The van der Waals surface area contributed by atoms with Gasteiger partial charge < -0.3 is 14.8 Å². The van der Waals surface area contributed by atoms with Crippen LogP contribution in [0.15, 0.2) is 5.16 Å². The van der Waals surface area contributed by atoms with E-state index in [1.165, 1.54) is 0 Å². The van der Waals surface area contributed by atoms with Gasteiger partial charge in [-0.3, -0.25) is 0 Å². The van der Waals surface area contributed by atoms with Gasteiger partial charge in [0.1, 0.15) is 0 Å². The van der Waals surface area contributed by atoms with Crippen LogP contribution in [0.2, 0.25) is 0 Å². The highest BCUT2D eigenvalue weighted by atomic mass is 16.5. The van der Waals surface area contributed by atoms with Crippen LogP contribution in [-0.4, -0.2) is 47.7 Å². The minimum Gasteiger partial charge on any atom is -0.411 e. The third-order valence-electron chi connectivity index (χ3n) is 3.43. The van der Waals surface area contributed by atoms with E-state index in [1.807, 2.05) is 6.92 Å². The molecule has 2 rings (SSSR count). The highest BCUT2D eigenvalue weighted by Crippen LogP contribution is 2.37. The largest absolute Gasteiger partial charge is 0.411 e. The van der Waals surface area contributed by atoms with Crippen LogP contribution in [0.25, 0.3) is 0 Å². The molecule has 2 aliphatic heterocycles. The molecule has 1 spiro atoms. The summed E-state index contributed by atoms with van der Waals surface area (Å²) >= 11 is 0. The summed E-state index contributed by atoms with van der Waals surface area (Å²) in [6, 6.07) is 0. The first-order valence-electron chi connectivity index (χ1n) is 5.22. The minimum atomic E-state index is -0.0342. The third kappa shape index (κ3) is 1.64. The van der Waals surface area contributed by atoms with Crippen LogP contribution in [-0.2, 0) is 4.74 Å². The number of piperidine rings is 1. The van der Waals surface area contributed by atoms with Crippen molar-refractivity contribution in [2.24, 2.45) is 5.16 Å². The van der Waals surface area contributed by atoms with Crippen LogP contribution in [0.3, 0.4) is 0 Å². The zero-order valence-corrected chi connectivity index (χ0v) is 8.86. The zero-order valence-electron chi connectivity index (χ0n) is 8.86. The van der Waals surface area contributed by atoms with E-state index >= 15 is 0 Å². The second-order valence-corrected chi connectivity index (χ2v) is 4.51. The SMILES string of the molecule is CC1OC2(CCN(C)CC2)C/C1=N\O. The summed E-state index contributed by atoms with van der Waals surface area (Å²) in [7, 11) is 2.13. The average Bonchev–Trinajstić information content (AvgIpc) is 2.49. The molecular formula is C10H18N2O2. The molecule has 2 fully saturated rings. The molecule has 80 valence electrons. The predicted molar refractivity (Wildman–Crippen MR) is 53.8 cm³/mol. The molecule has 1 unspecified atom stereocenters. The molecule has 1 N–H and O–H groups in total. The molecule has 0 aromatic heterocycles. The highest BCUT2D eigenvalue weighted by molar-refractivity contribution is 5.90. The maximum atomic E-state index is 8.80. The molecule has 0 aromatic carbocycles. The third-order valence-corrected chi connectivity index (χ3v) is 3.43. The molecule has 0 aliphatic carbocycles. The summed E-state index contributed by atoms with van der Waals surface area (Å²) in [5.74, 6) is 0. The summed E-state index contributed by atoms with van der Waals surface area (Å²) in [4.78, 5) is 2.31. The van der Waals surface area contributed by atoms with Crippen LogP contribution in [0.1, 0.15) is 26.2 Å². The first kappa shape index (κ1) is 9.93. The number of hydrogen-bond acceptors (Lipinski definition) is 4. The zero-order chi connectivity index (χ0) is 10.2. The minimum absolute atomic E-state index is 0.0107. The van der Waals surface area contributed by atoms with Crippen LogP contribution in [0.4, 0.5) is 0 Å². The second-order valence-electron chi connectivity index (χ2n) is 4.51. The Morgan fingerprint density at radius 3 is 2.64 bits per heavy atom. The van der Waals surface area contributed by atoms with Crippen LogP contribution >= 0.6 is 0 Å². The highest BCUT2D eigenvalue weighted by Gasteiger charge is 2.44. The summed E-state index contributed by atoms with van der Waals surface area (Å²) in [5, 5.41) is 12.1. The van der Waals surface area contributed by atoms with Crippen molar-refractivity contribution in [2.75, 3.05) is 20.1 Å². The molecule has 0 saturated carbocycles. The fourth-order valence-electron chi connectivity index (χ4n) is 2.40. The van der Waals surface area contributed by atoms with Crippen molar-refractivity contribution in [3.05, 3.63) is 0 Å². The summed E-state index contributed by atoms with van der Waals surface area (Å²) < 4.78 is 5.92. The molecule has 0 aromatic rings. The van der Waals surface area contributed by atoms with E-state index in [0.29, 0.717) is 0 Å². The lowest BCUT2D eigenvalue weighted by molar-refractivity contribution is -0.0657. The summed E-state index contributed by atoms with van der Waals surface area (Å²) in [6.45, 7) is 4.11. The van der Waals surface area contributed by atoms with E-state index in [1.54, 1.807) is 0 Å². The maximum absolute atomic E-state index is 8.80. The molecule has 0 radical (unpaired) electrons. The van der Waals surface area contributed by atoms with Gasteiger partial charge in [-0.25, -0.2) is 0 Å². The molecule has 0 amide bonds. The van der Waals surface area contributed by atoms with E-state index in [4.69, 9.17) is 9.94 Å². The van der Waals surface area contributed by atoms with Crippen molar-refractivity contribution in [3.63, 3.8) is 0 Å². The van der Waals surface area contributed by atoms with Crippen molar-refractivity contribution in [3.8, 4) is 0 Å². The van der Waals surface area contributed by atoms with Crippen LogP contribution in [0.5, 0.6) is 0 Å². The Kier molecular flexibility index (Phi) is 2.49. The normalized spacial score (nSPS) is 35.6. The van der Waals surface area contributed by atoms with Crippen molar-refractivity contribution in [2.45, 2.75) is 37.9 Å². The Bertz CT molecular complexity index is 245. The molecule has 4 heteroatoms. The van der Waals surface area contributed by atoms with E-state index in [0.717, 1.165) is 38.1 Å². The van der Waals surface area contributed by atoms with Crippen molar-refractivity contribution in [1.29, 1.82) is 0 Å². The van der Waals surface area contributed by atoms with Gasteiger partial charge in [0, 0.05) is 19.5 Å². The Balaban J connectivity index is 2.06. The lowest BCUT2D eigenvalue weighted by atomic mass is 9.88. The molecule has 4 nitrogen and oxygen atoms in total. The van der Waals surface area contributed by atoms with E-state index in [2.05, 4.69) is 17.1 Å². The van der Waals surface area contributed by atoms with Crippen molar-refractivity contribution in [1.82, 2.24) is 4.90 Å². The summed E-state index contributed by atoms with van der Waals surface area (Å²) in [6.07, 6.45) is 2.89. The molecule has 0 bridgehead atoms. The van der Waals surface area contributed by atoms with Crippen LogP contribution in [0, 0.1) is 0 Å². The molecule has 2 saturated heterocycles. The van der Waals surface area contributed by atoms with Crippen molar-refractivity contribution < 1.29 is 9.94 Å². The lowest BCUT2D eigenvalue weighted by Gasteiger charge is -2.36. The Morgan fingerprint density at radius 2 is 2.14 bits per heavy atom. The first-order chi connectivity index (χ1) is 6.65. The molecule has 1 atom stereocenters. The van der Waals surface area contributed by atoms with Gasteiger partial charge >= 0.3 is 0 Å². The quantitative estimate of drug-likeness (QED) is 0.468. The average molecular weight is 198 g/mol. The van der Waals surface area contributed by atoms with Gasteiger partial charge in [-0.1, -0.05) is 5.16 Å². The van der Waals surface area contributed by atoms with Crippen molar-refractivity contribution >= 4 is 5.71 Å². The monoisotopic (exact) mass is 198 g/mol. The fourth-order valence-corrected chi connectivity index (χ4v) is 2.40. The first-order valence-corrected chi connectivity index (χ1v) is 5.22. The lowest BCUT2D eigenvalue weighted by Crippen LogP contribution is -2.42. The van der Waals surface area contributed by atoms with Crippen LogP contribution < -0.4 is 0 Å². The number of ether oxygens (including phenoxy) is 1. The van der Waals surface area contributed by atoms with E-state index in [9.17, 15) is 0 Å². The molecular weight excluding hydrogens is 180 g/mol. The number of oxime groups is 1. The van der Waals surface area contributed by atoms with Gasteiger partial charge in [0.25, 0.3) is 0 Å². The maximum Gasteiger partial charge on any atom is 0.0969 e. The molecule has 2 heterocycles. The topological polar surface area (TPSA) is 45.1 Å². The Labute approximate surface area is 84.5 Å². The second kappa shape index (κ2) is 3.51. The number of rotatable bonds is 0. The number of nitrogens with zero attached hydrogens (tertiary/aromatic N) is 2. The van der Waals surface area contributed by atoms with E-state index < -0.39 is 0 Å². The number of hydrogen-bond donors (Lipinski definition) is 1. The molecule has 14 heavy (non-hydrogen) atoms. The van der Waals surface area contributed by atoms with Gasteiger partial charge in [0.15, 0.2) is 0 Å². The summed E-state index contributed by atoms with van der Waals surface area (Å²) in [5.41, 5.74) is 0.766. The van der Waals surface area contributed by atoms with Gasteiger partial charge in [-0.05, 0) is 26.8 Å². The van der Waals surface area contributed by atoms with Gasteiger partial charge in [0.2, 0.25) is 0 Å².